The summed E-state index contributed by atoms with van der Waals surface area (Å²) >= 11 is 12.1. The zero-order chi connectivity index (χ0) is 21.4. The Bertz CT molecular complexity index is 1100. The number of hydrogen-bond donors (Lipinski definition) is 0. The van der Waals surface area contributed by atoms with E-state index in [1.807, 2.05) is 35.2 Å². The second kappa shape index (κ2) is 8.31. The number of carbonyl (C=O) groups excluding carboxylic acids is 1. The molecule has 0 aromatic heterocycles. The Morgan fingerprint density at radius 3 is 2.29 bits per heavy atom. The predicted octanol–water partition coefficient (Wildman–Crippen LogP) is 6.09. The molecule has 1 atom stereocenters. The maximum absolute atomic E-state index is 13.5. The van der Waals surface area contributed by atoms with Gasteiger partial charge in [-0.05, 0) is 73.0 Å². The minimum Gasteiger partial charge on any atom is -0.307 e. The van der Waals surface area contributed by atoms with E-state index < -0.39 is 0 Å². The lowest BCUT2D eigenvalue weighted by atomic mass is 9.76. The molecule has 5 heteroatoms. The van der Waals surface area contributed by atoms with Crippen molar-refractivity contribution in [2.24, 2.45) is 5.41 Å². The molecule has 5 rings (SSSR count). The van der Waals surface area contributed by atoms with Crippen LogP contribution in [0.15, 0.2) is 72.8 Å². The van der Waals surface area contributed by atoms with Gasteiger partial charge in [-0.25, -0.2) is 0 Å². The van der Waals surface area contributed by atoms with E-state index in [-0.39, 0.29) is 11.3 Å². The molecule has 3 nitrogen and oxygen atoms in total. The number of benzene rings is 3. The molecule has 1 spiro atoms. The van der Waals surface area contributed by atoms with Crippen LogP contribution in [-0.2, 0) is 13.0 Å². The van der Waals surface area contributed by atoms with Gasteiger partial charge in [-0.3, -0.25) is 9.69 Å². The highest BCUT2D eigenvalue weighted by atomic mass is 35.5. The molecule has 1 amide bonds. The van der Waals surface area contributed by atoms with Crippen molar-refractivity contribution in [2.45, 2.75) is 19.4 Å². The van der Waals surface area contributed by atoms with E-state index in [1.54, 1.807) is 12.1 Å². The molecule has 31 heavy (non-hydrogen) atoms. The molecule has 3 aromatic rings. The van der Waals surface area contributed by atoms with Crippen LogP contribution in [0, 0.1) is 5.41 Å². The number of para-hydroxylation sites is 1. The fourth-order valence-corrected chi connectivity index (χ4v) is 5.27. The van der Waals surface area contributed by atoms with Crippen LogP contribution in [0.2, 0.25) is 10.0 Å². The number of likely N-dealkylation sites (tertiary alicyclic amines) is 1. The fourth-order valence-electron chi connectivity index (χ4n) is 5.02. The molecule has 0 bridgehead atoms. The third kappa shape index (κ3) is 4.23. The molecule has 0 aliphatic carbocycles. The average Bonchev–Trinajstić information content (AvgIpc) is 3.16. The van der Waals surface area contributed by atoms with Crippen LogP contribution in [0.1, 0.15) is 27.9 Å². The Kier molecular flexibility index (Phi) is 5.51. The number of halogens is 2. The summed E-state index contributed by atoms with van der Waals surface area (Å²) in [6.07, 6.45) is 2.09. The summed E-state index contributed by atoms with van der Waals surface area (Å²) in [7, 11) is 0. The van der Waals surface area contributed by atoms with Crippen molar-refractivity contribution in [2.75, 3.05) is 24.5 Å². The zero-order valence-electron chi connectivity index (χ0n) is 17.2. The lowest BCUT2D eigenvalue weighted by Crippen LogP contribution is -2.48. The van der Waals surface area contributed by atoms with E-state index in [4.69, 9.17) is 23.2 Å². The van der Waals surface area contributed by atoms with Gasteiger partial charge in [-0.1, -0.05) is 53.5 Å². The molecule has 1 fully saturated rings. The SMILES string of the molecule is O=C(c1ccc(Cl)cc1)N1CC2(CCN(Cc3ccc(Cl)cc3)C2)Cc2ccccc21. The molecular weight excluding hydrogens is 427 g/mol. The van der Waals surface area contributed by atoms with Gasteiger partial charge in [-0.15, -0.1) is 0 Å². The number of fused-ring (bicyclic) bond motifs is 1. The molecule has 2 aliphatic rings. The molecule has 3 aromatic carbocycles. The Labute approximate surface area is 193 Å². The first-order chi connectivity index (χ1) is 15.0. The Hall–Kier alpha value is -2.33. The van der Waals surface area contributed by atoms with Gasteiger partial charge in [0.25, 0.3) is 5.91 Å². The van der Waals surface area contributed by atoms with Crippen LogP contribution >= 0.6 is 23.2 Å². The van der Waals surface area contributed by atoms with Gasteiger partial charge in [-0.2, -0.15) is 0 Å². The van der Waals surface area contributed by atoms with Gasteiger partial charge in [0.05, 0.1) is 0 Å². The Balaban J connectivity index is 1.40. The highest BCUT2D eigenvalue weighted by Gasteiger charge is 2.44. The van der Waals surface area contributed by atoms with Crippen molar-refractivity contribution in [3.8, 4) is 0 Å². The highest BCUT2D eigenvalue weighted by molar-refractivity contribution is 6.31. The molecule has 158 valence electrons. The van der Waals surface area contributed by atoms with Crippen molar-refractivity contribution >= 4 is 34.8 Å². The summed E-state index contributed by atoms with van der Waals surface area (Å²) in [5.41, 5.74) is 4.30. The predicted molar refractivity (Wildman–Crippen MR) is 127 cm³/mol. The fraction of sp³-hybridized carbons (Fsp3) is 0.269. The number of hydrogen-bond acceptors (Lipinski definition) is 2. The lowest BCUT2D eigenvalue weighted by Gasteiger charge is -2.41. The quantitative estimate of drug-likeness (QED) is 0.481. The number of nitrogens with zero attached hydrogens (tertiary/aromatic N) is 2. The number of anilines is 1. The summed E-state index contributed by atoms with van der Waals surface area (Å²) < 4.78 is 0. The van der Waals surface area contributed by atoms with Crippen molar-refractivity contribution in [1.29, 1.82) is 0 Å². The molecule has 0 radical (unpaired) electrons. The molecule has 0 N–H and O–H groups in total. The maximum Gasteiger partial charge on any atom is 0.258 e. The summed E-state index contributed by atoms with van der Waals surface area (Å²) in [5, 5.41) is 1.41. The minimum absolute atomic E-state index is 0.0411. The van der Waals surface area contributed by atoms with Crippen LogP contribution in [0.4, 0.5) is 5.69 Å². The molecular formula is C26H24Cl2N2O. The van der Waals surface area contributed by atoms with Gasteiger partial charge in [0, 0.05) is 46.3 Å². The zero-order valence-corrected chi connectivity index (χ0v) is 18.7. The summed E-state index contributed by atoms with van der Waals surface area (Å²) in [4.78, 5) is 18.0. The molecule has 1 saturated heterocycles. The van der Waals surface area contributed by atoms with E-state index in [1.165, 1.54) is 11.1 Å². The smallest absolute Gasteiger partial charge is 0.258 e. The second-order valence-electron chi connectivity index (χ2n) is 8.79. The topological polar surface area (TPSA) is 23.6 Å². The lowest BCUT2D eigenvalue weighted by molar-refractivity contribution is 0.0966. The van der Waals surface area contributed by atoms with Gasteiger partial charge in [0.15, 0.2) is 0 Å². The largest absolute Gasteiger partial charge is 0.307 e. The van der Waals surface area contributed by atoms with Crippen LogP contribution in [0.3, 0.4) is 0 Å². The van der Waals surface area contributed by atoms with Crippen LogP contribution in [0.5, 0.6) is 0 Å². The summed E-state index contributed by atoms with van der Waals surface area (Å²) in [6.45, 7) is 3.66. The molecule has 0 saturated carbocycles. The van der Waals surface area contributed by atoms with Crippen molar-refractivity contribution in [3.05, 3.63) is 99.5 Å². The molecule has 2 heterocycles. The van der Waals surface area contributed by atoms with Gasteiger partial charge >= 0.3 is 0 Å². The van der Waals surface area contributed by atoms with Crippen LogP contribution in [-0.4, -0.2) is 30.4 Å². The summed E-state index contributed by atoms with van der Waals surface area (Å²) in [5.74, 6) is 0.0411. The van der Waals surface area contributed by atoms with Gasteiger partial charge < -0.3 is 4.90 Å². The molecule has 1 unspecified atom stereocenters. The monoisotopic (exact) mass is 450 g/mol. The van der Waals surface area contributed by atoms with Gasteiger partial charge in [0.2, 0.25) is 0 Å². The number of amides is 1. The Morgan fingerprint density at radius 2 is 1.55 bits per heavy atom. The summed E-state index contributed by atoms with van der Waals surface area (Å²) in [6, 6.07) is 23.6. The molecule has 2 aliphatic heterocycles. The highest BCUT2D eigenvalue weighted by Crippen LogP contribution is 2.43. The minimum atomic E-state index is 0.0411. The Morgan fingerprint density at radius 1 is 0.871 bits per heavy atom. The maximum atomic E-state index is 13.5. The first kappa shape index (κ1) is 20.6. The van der Waals surface area contributed by atoms with Crippen molar-refractivity contribution in [3.63, 3.8) is 0 Å². The van der Waals surface area contributed by atoms with Crippen molar-refractivity contribution in [1.82, 2.24) is 4.90 Å². The normalized spacial score (nSPS) is 20.8. The average molecular weight is 451 g/mol. The first-order valence-electron chi connectivity index (χ1n) is 10.6. The van der Waals surface area contributed by atoms with Crippen LogP contribution < -0.4 is 4.90 Å². The standard InChI is InChI=1S/C26H24Cl2N2O/c27-22-9-5-19(6-10-22)16-29-14-13-26(17-29)15-21-3-1-2-4-24(21)30(18-26)25(31)20-7-11-23(28)12-8-20/h1-12H,13-18H2. The van der Waals surface area contributed by atoms with E-state index >= 15 is 0 Å². The van der Waals surface area contributed by atoms with Gasteiger partial charge in [0.1, 0.15) is 0 Å². The first-order valence-corrected chi connectivity index (χ1v) is 11.4. The van der Waals surface area contributed by atoms with Crippen LogP contribution in [0.25, 0.3) is 0 Å². The third-order valence-electron chi connectivity index (χ3n) is 6.51. The van der Waals surface area contributed by atoms with Crippen molar-refractivity contribution < 1.29 is 4.79 Å². The van der Waals surface area contributed by atoms with E-state index in [0.29, 0.717) is 10.6 Å². The van der Waals surface area contributed by atoms with E-state index in [0.717, 1.165) is 49.7 Å². The number of carbonyl (C=O) groups is 1. The van der Waals surface area contributed by atoms with E-state index in [9.17, 15) is 4.79 Å². The second-order valence-corrected chi connectivity index (χ2v) is 9.66. The third-order valence-corrected chi connectivity index (χ3v) is 7.02. The number of rotatable bonds is 3. The van der Waals surface area contributed by atoms with E-state index in [2.05, 4.69) is 35.2 Å².